The van der Waals surface area contributed by atoms with Gasteiger partial charge in [0.2, 0.25) is 0 Å². The number of ether oxygens (including phenoxy) is 1. The Morgan fingerprint density at radius 2 is 1.83 bits per heavy atom. The van der Waals surface area contributed by atoms with Gasteiger partial charge in [-0.3, -0.25) is 16.1 Å². The van der Waals surface area contributed by atoms with E-state index in [9.17, 15) is 14.4 Å². The van der Waals surface area contributed by atoms with E-state index in [1.807, 2.05) is 0 Å². The zero-order valence-electron chi connectivity index (χ0n) is 19.6. The van der Waals surface area contributed by atoms with Crippen molar-refractivity contribution in [3.05, 3.63) is 72.0 Å². The molecule has 0 saturated carbocycles. The predicted octanol–water partition coefficient (Wildman–Crippen LogP) is 5.81. The van der Waals surface area contributed by atoms with E-state index < -0.39 is 23.3 Å². The normalized spacial score (nSPS) is 11.5. The Morgan fingerprint density at radius 3 is 2.49 bits per heavy atom. The standard InChI is InChI=1S/C25H25F2N5O3/c1-25(2,3)35-24(33)32(21-7-5-14(26)11-19(21)27)20-8-6-15(30-34)12-17(20)18-13-31(4)23(28)22-16(18)9-10-29-22/h5-13,28-30,34H,1-4H3. The first kappa shape index (κ1) is 24.0. The molecule has 0 aliphatic carbocycles. The Morgan fingerprint density at radius 1 is 1.11 bits per heavy atom. The first-order valence-electron chi connectivity index (χ1n) is 10.7. The molecule has 0 saturated heterocycles. The van der Waals surface area contributed by atoms with E-state index in [2.05, 4.69) is 10.5 Å². The molecule has 2 aromatic heterocycles. The number of carbonyl (C=O) groups excluding carboxylic acids is 1. The third kappa shape index (κ3) is 4.60. The zero-order chi connectivity index (χ0) is 25.5. The summed E-state index contributed by atoms with van der Waals surface area (Å²) < 4.78 is 35.9. The Balaban J connectivity index is 2.04. The van der Waals surface area contributed by atoms with E-state index in [1.54, 1.807) is 56.9 Å². The van der Waals surface area contributed by atoms with Crippen molar-refractivity contribution in [1.82, 2.24) is 9.55 Å². The molecule has 8 nitrogen and oxygen atoms in total. The van der Waals surface area contributed by atoms with Crippen LogP contribution in [0.3, 0.4) is 0 Å². The van der Waals surface area contributed by atoms with Gasteiger partial charge < -0.3 is 14.3 Å². The molecule has 10 heteroatoms. The van der Waals surface area contributed by atoms with Crippen LogP contribution < -0.4 is 15.9 Å². The molecule has 182 valence electrons. The van der Waals surface area contributed by atoms with E-state index in [0.717, 1.165) is 17.0 Å². The number of pyridine rings is 1. The van der Waals surface area contributed by atoms with Crippen LogP contribution in [0.5, 0.6) is 0 Å². The van der Waals surface area contributed by atoms with Gasteiger partial charge in [-0.25, -0.2) is 18.5 Å². The summed E-state index contributed by atoms with van der Waals surface area (Å²) in [5.74, 6) is -1.74. The van der Waals surface area contributed by atoms with Crippen LogP contribution >= 0.6 is 0 Å². The number of H-pyrrole nitrogens is 1. The second-order valence-electron chi connectivity index (χ2n) is 9.02. The van der Waals surface area contributed by atoms with Crippen LogP contribution in [0.2, 0.25) is 0 Å². The highest BCUT2D eigenvalue weighted by Gasteiger charge is 2.30. The van der Waals surface area contributed by atoms with Crippen molar-refractivity contribution >= 4 is 34.1 Å². The summed E-state index contributed by atoms with van der Waals surface area (Å²) in [4.78, 5) is 17.5. The smallest absolute Gasteiger partial charge is 0.419 e. The lowest BCUT2D eigenvalue weighted by Crippen LogP contribution is -2.34. The van der Waals surface area contributed by atoms with Crippen LogP contribution in [-0.2, 0) is 11.8 Å². The van der Waals surface area contributed by atoms with Gasteiger partial charge in [-0.15, -0.1) is 0 Å². The Hall–Kier alpha value is -4.18. The lowest BCUT2D eigenvalue weighted by atomic mass is 10.00. The summed E-state index contributed by atoms with van der Waals surface area (Å²) in [6.07, 6.45) is 2.51. The summed E-state index contributed by atoms with van der Waals surface area (Å²) >= 11 is 0. The van der Waals surface area contributed by atoms with Crippen molar-refractivity contribution in [3.8, 4) is 11.1 Å². The highest BCUT2D eigenvalue weighted by Crippen LogP contribution is 2.41. The van der Waals surface area contributed by atoms with Gasteiger partial charge in [-0.2, -0.15) is 0 Å². The van der Waals surface area contributed by atoms with Gasteiger partial charge in [0.15, 0.2) is 0 Å². The van der Waals surface area contributed by atoms with Gasteiger partial charge in [0.1, 0.15) is 22.7 Å². The molecule has 0 atom stereocenters. The van der Waals surface area contributed by atoms with Gasteiger partial charge in [-0.1, -0.05) is 0 Å². The molecule has 4 N–H and O–H groups in total. The average Bonchev–Trinajstić information content (AvgIpc) is 3.27. The number of anilines is 3. The van der Waals surface area contributed by atoms with Gasteiger partial charge in [-0.05, 0) is 57.2 Å². The molecule has 0 aliphatic rings. The first-order valence-corrected chi connectivity index (χ1v) is 10.7. The largest absolute Gasteiger partial charge is 0.443 e. The molecular weight excluding hydrogens is 456 g/mol. The minimum atomic E-state index is -0.954. The third-order valence-corrected chi connectivity index (χ3v) is 5.33. The molecule has 0 fully saturated rings. The van der Waals surface area contributed by atoms with E-state index in [4.69, 9.17) is 10.1 Å². The Labute approximate surface area is 199 Å². The number of aromatic amines is 1. The molecule has 0 aliphatic heterocycles. The van der Waals surface area contributed by atoms with Crippen LogP contribution in [0.25, 0.3) is 22.0 Å². The number of carbonyl (C=O) groups is 1. The summed E-state index contributed by atoms with van der Waals surface area (Å²) in [6, 6.07) is 9.29. The molecule has 0 radical (unpaired) electrons. The summed E-state index contributed by atoms with van der Waals surface area (Å²) in [5.41, 5.74) is 3.34. The van der Waals surface area contributed by atoms with Crippen LogP contribution in [0, 0.1) is 17.0 Å². The van der Waals surface area contributed by atoms with Gasteiger partial charge in [0.25, 0.3) is 0 Å². The van der Waals surface area contributed by atoms with Crippen LogP contribution in [-0.4, -0.2) is 26.5 Å². The van der Waals surface area contributed by atoms with Crippen molar-refractivity contribution in [2.24, 2.45) is 7.05 Å². The molecule has 2 heterocycles. The maximum atomic E-state index is 15.0. The van der Waals surface area contributed by atoms with E-state index >= 15 is 4.39 Å². The van der Waals surface area contributed by atoms with Crippen molar-refractivity contribution in [3.63, 3.8) is 0 Å². The SMILES string of the molecule is Cn1cc(-c2cc(NO)ccc2N(C(=O)OC(C)(C)C)c2ccc(F)cc2F)c2cc[nH]c2c1=N. The maximum absolute atomic E-state index is 15.0. The summed E-state index contributed by atoms with van der Waals surface area (Å²) in [7, 11) is 1.70. The zero-order valence-corrected chi connectivity index (χ0v) is 19.6. The molecule has 35 heavy (non-hydrogen) atoms. The van der Waals surface area contributed by atoms with Gasteiger partial charge in [0, 0.05) is 42.0 Å². The lowest BCUT2D eigenvalue weighted by Gasteiger charge is -2.29. The fraction of sp³-hybridized carbons (Fsp3) is 0.200. The number of aromatic nitrogens is 2. The van der Waals surface area contributed by atoms with Crippen LogP contribution in [0.1, 0.15) is 20.8 Å². The number of aryl methyl sites for hydroxylation is 1. The van der Waals surface area contributed by atoms with Crippen molar-refractivity contribution in [2.45, 2.75) is 26.4 Å². The van der Waals surface area contributed by atoms with E-state index in [1.165, 1.54) is 12.1 Å². The second kappa shape index (κ2) is 8.88. The lowest BCUT2D eigenvalue weighted by molar-refractivity contribution is 0.0598. The number of nitrogens with zero attached hydrogens (tertiary/aromatic N) is 2. The number of hydrogen-bond acceptors (Lipinski definition) is 5. The minimum absolute atomic E-state index is 0.210. The second-order valence-corrected chi connectivity index (χ2v) is 9.02. The first-order chi connectivity index (χ1) is 16.5. The monoisotopic (exact) mass is 481 g/mol. The number of benzene rings is 2. The minimum Gasteiger partial charge on any atom is -0.443 e. The van der Waals surface area contributed by atoms with Gasteiger partial charge >= 0.3 is 6.09 Å². The molecule has 4 rings (SSSR count). The molecule has 0 spiro atoms. The third-order valence-electron chi connectivity index (χ3n) is 5.33. The number of fused-ring (bicyclic) bond motifs is 1. The van der Waals surface area contributed by atoms with Crippen molar-refractivity contribution in [1.29, 1.82) is 5.41 Å². The number of rotatable bonds is 4. The van der Waals surface area contributed by atoms with Crippen LogP contribution in [0.4, 0.5) is 30.6 Å². The highest BCUT2D eigenvalue weighted by molar-refractivity contribution is 6.05. The molecule has 0 unspecified atom stereocenters. The molecule has 4 aromatic rings. The fourth-order valence-electron chi connectivity index (χ4n) is 3.82. The summed E-state index contributed by atoms with van der Waals surface area (Å²) in [5, 5.41) is 18.6. The van der Waals surface area contributed by atoms with Crippen molar-refractivity contribution in [2.75, 3.05) is 10.4 Å². The van der Waals surface area contributed by atoms with Gasteiger partial charge in [0.05, 0.1) is 22.6 Å². The highest BCUT2D eigenvalue weighted by atomic mass is 19.1. The molecule has 0 bridgehead atoms. The quantitative estimate of drug-likeness (QED) is 0.276. The number of halogens is 2. The Kier molecular flexibility index (Phi) is 6.08. The van der Waals surface area contributed by atoms with E-state index in [-0.39, 0.29) is 16.9 Å². The molecular formula is C25H25F2N5O3. The molecule has 1 amide bonds. The topological polar surface area (TPSA) is 106 Å². The Bertz CT molecular complexity index is 1490. The fourth-order valence-corrected chi connectivity index (χ4v) is 3.82. The average molecular weight is 482 g/mol. The molecule has 2 aromatic carbocycles. The number of nitrogens with one attached hydrogen (secondary N) is 3. The predicted molar refractivity (Wildman–Crippen MR) is 129 cm³/mol. The van der Waals surface area contributed by atoms with E-state index in [0.29, 0.717) is 33.8 Å². The maximum Gasteiger partial charge on any atom is 0.419 e. The number of amides is 1. The number of hydrogen-bond donors (Lipinski definition) is 4. The van der Waals surface area contributed by atoms with Crippen LogP contribution in [0.15, 0.2) is 54.9 Å². The summed E-state index contributed by atoms with van der Waals surface area (Å²) in [6.45, 7) is 5.04. The van der Waals surface area contributed by atoms with Crippen molar-refractivity contribution < 1.29 is 23.5 Å².